The summed E-state index contributed by atoms with van der Waals surface area (Å²) in [5, 5.41) is 3.20. The van der Waals surface area contributed by atoms with Gasteiger partial charge in [-0.3, -0.25) is 9.79 Å². The molecule has 2 heterocycles. The summed E-state index contributed by atoms with van der Waals surface area (Å²) in [5.74, 6) is 0.227. The number of hydrogen-bond acceptors (Lipinski definition) is 3. The molecule has 3 aliphatic rings. The number of carbonyl (C=O) groups is 1. The predicted octanol–water partition coefficient (Wildman–Crippen LogP) is 1.17. The van der Waals surface area contributed by atoms with Crippen molar-refractivity contribution in [2.75, 3.05) is 20.1 Å². The summed E-state index contributed by atoms with van der Waals surface area (Å²) in [6, 6.07) is 0. The fourth-order valence-corrected chi connectivity index (χ4v) is 3.35. The second-order valence-corrected chi connectivity index (χ2v) is 5.75. The van der Waals surface area contributed by atoms with Crippen molar-refractivity contribution in [2.24, 2.45) is 10.9 Å². The molecule has 1 unspecified atom stereocenters. The maximum atomic E-state index is 12.2. The largest absolute Gasteiger partial charge is 0.331 e. The summed E-state index contributed by atoms with van der Waals surface area (Å²) in [7, 11) is 2.08. The molecule has 4 heteroatoms. The van der Waals surface area contributed by atoms with Crippen LogP contribution in [0.1, 0.15) is 38.5 Å². The van der Waals surface area contributed by atoms with E-state index in [1.54, 1.807) is 0 Å². The molecule has 0 bridgehead atoms. The molecule has 0 aromatic heterocycles. The summed E-state index contributed by atoms with van der Waals surface area (Å²) < 4.78 is 0. The van der Waals surface area contributed by atoms with Crippen LogP contribution in [0.15, 0.2) is 4.99 Å². The number of amides is 1. The van der Waals surface area contributed by atoms with E-state index in [0.717, 1.165) is 38.1 Å². The highest BCUT2D eigenvalue weighted by Crippen LogP contribution is 2.34. The SMILES string of the molecule is CN1CCC2=NC3(CCCCC3)NC(=O)C2C1. The molecule has 94 valence electrons. The highest BCUT2D eigenvalue weighted by Gasteiger charge is 2.42. The van der Waals surface area contributed by atoms with Crippen LogP contribution >= 0.6 is 0 Å². The van der Waals surface area contributed by atoms with Crippen molar-refractivity contribution in [3.8, 4) is 0 Å². The first-order chi connectivity index (χ1) is 8.19. The average Bonchev–Trinajstić information content (AvgIpc) is 2.31. The molecule has 2 fully saturated rings. The van der Waals surface area contributed by atoms with Crippen molar-refractivity contribution in [3.05, 3.63) is 0 Å². The molecule has 17 heavy (non-hydrogen) atoms. The summed E-state index contributed by atoms with van der Waals surface area (Å²) in [6.45, 7) is 1.87. The summed E-state index contributed by atoms with van der Waals surface area (Å²) in [5.41, 5.74) is 0.936. The first-order valence-electron chi connectivity index (χ1n) is 6.78. The second-order valence-electron chi connectivity index (χ2n) is 5.75. The molecule has 3 rings (SSSR count). The van der Waals surface area contributed by atoms with Crippen LogP contribution in [0, 0.1) is 5.92 Å². The lowest BCUT2D eigenvalue weighted by atomic mass is 9.84. The molecule has 4 nitrogen and oxygen atoms in total. The Kier molecular flexibility index (Phi) is 2.69. The fourth-order valence-electron chi connectivity index (χ4n) is 3.35. The first-order valence-corrected chi connectivity index (χ1v) is 6.78. The molecule has 0 aromatic carbocycles. The second kappa shape index (κ2) is 4.09. The predicted molar refractivity (Wildman–Crippen MR) is 67.0 cm³/mol. The van der Waals surface area contributed by atoms with Crippen LogP contribution in [-0.4, -0.2) is 42.3 Å². The Morgan fingerprint density at radius 2 is 2.12 bits per heavy atom. The summed E-state index contributed by atoms with van der Waals surface area (Å²) in [4.78, 5) is 19.4. The lowest BCUT2D eigenvalue weighted by molar-refractivity contribution is -0.126. The number of carbonyl (C=O) groups excluding carboxylic acids is 1. The van der Waals surface area contributed by atoms with E-state index in [0.29, 0.717) is 0 Å². The third kappa shape index (κ3) is 1.99. The van der Waals surface area contributed by atoms with Crippen LogP contribution < -0.4 is 5.32 Å². The van der Waals surface area contributed by atoms with Gasteiger partial charge in [0.25, 0.3) is 0 Å². The van der Waals surface area contributed by atoms with Gasteiger partial charge in [0, 0.05) is 18.8 Å². The Morgan fingerprint density at radius 1 is 1.35 bits per heavy atom. The molecular formula is C13H21N3O. The highest BCUT2D eigenvalue weighted by molar-refractivity contribution is 6.07. The van der Waals surface area contributed by atoms with Gasteiger partial charge in [-0.2, -0.15) is 0 Å². The Bertz CT molecular complexity index is 358. The van der Waals surface area contributed by atoms with Gasteiger partial charge in [-0.05, 0) is 39.2 Å². The zero-order chi connectivity index (χ0) is 11.9. The number of fused-ring (bicyclic) bond motifs is 1. The minimum atomic E-state index is -0.225. The van der Waals surface area contributed by atoms with E-state index in [1.807, 2.05) is 0 Å². The quantitative estimate of drug-likeness (QED) is 0.685. The molecule has 0 aromatic rings. The molecule has 1 saturated carbocycles. The van der Waals surface area contributed by atoms with E-state index >= 15 is 0 Å². The Hall–Kier alpha value is -0.900. The normalized spacial score (nSPS) is 32.9. The van der Waals surface area contributed by atoms with Crippen molar-refractivity contribution >= 4 is 11.6 Å². The maximum Gasteiger partial charge on any atom is 0.231 e. The number of hydrogen-bond donors (Lipinski definition) is 1. The standard InChI is InChI=1S/C13H21N3O/c1-16-8-5-11-10(9-16)12(17)15-13(14-11)6-3-2-4-7-13/h10H,2-9H2,1H3,(H,15,17). The molecule has 1 aliphatic carbocycles. The maximum absolute atomic E-state index is 12.2. The van der Waals surface area contributed by atoms with E-state index in [2.05, 4.69) is 17.3 Å². The van der Waals surface area contributed by atoms with E-state index in [-0.39, 0.29) is 17.5 Å². The van der Waals surface area contributed by atoms with Gasteiger partial charge in [-0.15, -0.1) is 0 Å². The summed E-state index contributed by atoms with van der Waals surface area (Å²) in [6.07, 6.45) is 6.71. The zero-order valence-corrected chi connectivity index (χ0v) is 10.5. The molecule has 1 amide bonds. The van der Waals surface area contributed by atoms with Crippen LogP contribution in [0.25, 0.3) is 0 Å². The number of rotatable bonds is 0. The zero-order valence-electron chi connectivity index (χ0n) is 10.5. The number of piperidine rings is 1. The molecule has 1 saturated heterocycles. The molecule has 1 atom stereocenters. The molecule has 2 aliphatic heterocycles. The topological polar surface area (TPSA) is 44.7 Å². The summed E-state index contributed by atoms with van der Waals surface area (Å²) >= 11 is 0. The van der Waals surface area contributed by atoms with Gasteiger partial charge >= 0.3 is 0 Å². The van der Waals surface area contributed by atoms with E-state index in [1.165, 1.54) is 19.3 Å². The molecule has 1 spiro atoms. The molecular weight excluding hydrogens is 214 g/mol. The monoisotopic (exact) mass is 235 g/mol. The Labute approximate surface area is 102 Å². The van der Waals surface area contributed by atoms with Gasteiger partial charge in [0.2, 0.25) is 5.91 Å². The lowest BCUT2D eigenvalue weighted by Gasteiger charge is -2.43. The van der Waals surface area contributed by atoms with Crippen molar-refractivity contribution in [1.29, 1.82) is 0 Å². The smallest absolute Gasteiger partial charge is 0.231 e. The average molecular weight is 235 g/mol. The fraction of sp³-hybridized carbons (Fsp3) is 0.846. The Balaban J connectivity index is 1.87. The van der Waals surface area contributed by atoms with Crippen molar-refractivity contribution in [3.63, 3.8) is 0 Å². The van der Waals surface area contributed by atoms with Gasteiger partial charge < -0.3 is 10.2 Å². The van der Waals surface area contributed by atoms with Gasteiger partial charge in [0.15, 0.2) is 0 Å². The number of aliphatic imine (C=N–C) groups is 1. The number of nitrogens with zero attached hydrogens (tertiary/aromatic N) is 2. The van der Waals surface area contributed by atoms with E-state index in [4.69, 9.17) is 4.99 Å². The van der Waals surface area contributed by atoms with E-state index in [9.17, 15) is 4.79 Å². The molecule has 1 N–H and O–H groups in total. The van der Waals surface area contributed by atoms with Crippen molar-refractivity contribution in [1.82, 2.24) is 10.2 Å². The molecule has 0 radical (unpaired) electrons. The third-order valence-electron chi connectivity index (χ3n) is 4.36. The van der Waals surface area contributed by atoms with E-state index < -0.39 is 0 Å². The van der Waals surface area contributed by atoms with Gasteiger partial charge in [-0.25, -0.2) is 0 Å². The lowest BCUT2D eigenvalue weighted by Crippen LogP contribution is -2.59. The van der Waals surface area contributed by atoms with Crippen LogP contribution in [-0.2, 0) is 4.79 Å². The van der Waals surface area contributed by atoms with Crippen LogP contribution in [0.5, 0.6) is 0 Å². The van der Waals surface area contributed by atoms with Crippen LogP contribution in [0.2, 0.25) is 0 Å². The van der Waals surface area contributed by atoms with Gasteiger partial charge in [-0.1, -0.05) is 6.42 Å². The van der Waals surface area contributed by atoms with Crippen LogP contribution in [0.3, 0.4) is 0 Å². The van der Waals surface area contributed by atoms with Crippen molar-refractivity contribution in [2.45, 2.75) is 44.2 Å². The van der Waals surface area contributed by atoms with Crippen molar-refractivity contribution < 1.29 is 4.79 Å². The van der Waals surface area contributed by atoms with Crippen LogP contribution in [0.4, 0.5) is 0 Å². The van der Waals surface area contributed by atoms with Gasteiger partial charge in [0.05, 0.1) is 5.92 Å². The third-order valence-corrected chi connectivity index (χ3v) is 4.36. The Morgan fingerprint density at radius 3 is 2.88 bits per heavy atom. The number of nitrogens with one attached hydrogen (secondary N) is 1. The minimum Gasteiger partial charge on any atom is -0.331 e. The van der Waals surface area contributed by atoms with Gasteiger partial charge in [0.1, 0.15) is 5.66 Å². The highest BCUT2D eigenvalue weighted by atomic mass is 16.2. The first kappa shape index (κ1) is 11.2. The number of likely N-dealkylation sites (tertiary alicyclic amines) is 1. The minimum absolute atomic E-state index is 0.0151.